The minimum absolute atomic E-state index is 0.465. The summed E-state index contributed by atoms with van der Waals surface area (Å²) in [5, 5.41) is 13.7. The topological polar surface area (TPSA) is 56.3 Å². The molecule has 0 radical (unpaired) electrons. The van der Waals surface area contributed by atoms with Crippen LogP contribution in [0.15, 0.2) is 24.3 Å². The van der Waals surface area contributed by atoms with E-state index in [4.69, 9.17) is 21.7 Å². The predicted molar refractivity (Wildman–Crippen MR) is 101 cm³/mol. The van der Waals surface area contributed by atoms with Gasteiger partial charge in [0.1, 0.15) is 29.7 Å². The first-order valence-electron chi connectivity index (χ1n) is 8.73. The maximum atomic E-state index is 5.77. The highest BCUT2D eigenvalue weighted by molar-refractivity contribution is 7.80. The molecular formula is C18H21N3O2S2. The lowest BCUT2D eigenvalue weighted by Crippen LogP contribution is -2.27. The molecule has 2 aliphatic carbocycles. The predicted octanol–water partition coefficient (Wildman–Crippen LogP) is 3.70. The summed E-state index contributed by atoms with van der Waals surface area (Å²) in [4.78, 5) is 0.980. The molecule has 4 rings (SSSR count). The van der Waals surface area contributed by atoms with Gasteiger partial charge in [0.25, 0.3) is 0 Å². The van der Waals surface area contributed by atoms with E-state index < -0.39 is 0 Å². The van der Waals surface area contributed by atoms with Crippen molar-refractivity contribution in [3.05, 3.63) is 34.3 Å². The molecule has 0 unspecified atom stereocenters. The Balaban J connectivity index is 1.17. The molecule has 1 aromatic carbocycles. The van der Waals surface area contributed by atoms with Crippen LogP contribution in [0, 0.1) is 5.92 Å². The van der Waals surface area contributed by atoms with Crippen molar-refractivity contribution in [3.8, 4) is 11.5 Å². The summed E-state index contributed by atoms with van der Waals surface area (Å²) < 4.78 is 11.5. The maximum Gasteiger partial charge on any atom is 0.155 e. The lowest BCUT2D eigenvalue weighted by molar-refractivity contribution is 0.301. The molecule has 0 bridgehead atoms. The van der Waals surface area contributed by atoms with E-state index in [9.17, 15) is 0 Å². The number of benzene rings is 1. The summed E-state index contributed by atoms with van der Waals surface area (Å²) in [6.07, 6.45) is 4.96. The van der Waals surface area contributed by atoms with E-state index in [0.29, 0.717) is 25.0 Å². The van der Waals surface area contributed by atoms with Crippen LogP contribution in [-0.4, -0.2) is 28.3 Å². The van der Waals surface area contributed by atoms with Gasteiger partial charge in [0.05, 0.1) is 4.99 Å². The summed E-state index contributed by atoms with van der Waals surface area (Å²) in [6.45, 7) is 1.81. The summed E-state index contributed by atoms with van der Waals surface area (Å²) in [7, 11) is 0. The molecule has 0 saturated heterocycles. The molecule has 25 heavy (non-hydrogen) atoms. The average Bonchev–Trinajstić information content (AvgIpc) is 3.56. The van der Waals surface area contributed by atoms with Gasteiger partial charge in [-0.2, -0.15) is 0 Å². The highest BCUT2D eigenvalue weighted by Crippen LogP contribution is 2.41. The lowest BCUT2D eigenvalue weighted by Gasteiger charge is -2.09. The van der Waals surface area contributed by atoms with Crippen LogP contribution in [0.2, 0.25) is 0 Å². The summed E-state index contributed by atoms with van der Waals surface area (Å²) in [5.41, 5.74) is 0. The number of hydrogen-bond donors (Lipinski definition) is 1. The van der Waals surface area contributed by atoms with Crippen molar-refractivity contribution in [2.75, 3.05) is 13.2 Å². The van der Waals surface area contributed by atoms with Crippen LogP contribution >= 0.6 is 23.6 Å². The number of nitrogens with one attached hydrogen (secondary N) is 1. The number of thiocarbonyl (C=S) groups is 1. The fourth-order valence-electron chi connectivity index (χ4n) is 2.43. The molecule has 2 saturated carbocycles. The second-order valence-corrected chi connectivity index (χ2v) is 8.02. The zero-order valence-corrected chi connectivity index (χ0v) is 15.6. The zero-order chi connectivity index (χ0) is 17.1. The fourth-order valence-corrected chi connectivity index (χ4v) is 3.69. The Kier molecular flexibility index (Phi) is 5.12. The molecule has 0 spiro atoms. The largest absolute Gasteiger partial charge is 0.492 e. The van der Waals surface area contributed by atoms with Crippen molar-refractivity contribution in [2.24, 2.45) is 5.92 Å². The highest BCUT2D eigenvalue weighted by Gasteiger charge is 2.27. The molecular weight excluding hydrogens is 354 g/mol. The number of ether oxygens (including phenoxy) is 2. The van der Waals surface area contributed by atoms with Gasteiger partial charge in [0.2, 0.25) is 0 Å². The van der Waals surface area contributed by atoms with Gasteiger partial charge >= 0.3 is 0 Å². The Morgan fingerprint density at radius 3 is 2.48 bits per heavy atom. The first-order valence-corrected chi connectivity index (χ1v) is 9.96. The zero-order valence-electron chi connectivity index (χ0n) is 13.9. The number of nitrogens with zero attached hydrogens (tertiary/aromatic N) is 2. The first-order chi connectivity index (χ1) is 12.3. The van der Waals surface area contributed by atoms with Crippen molar-refractivity contribution >= 4 is 28.5 Å². The second kappa shape index (κ2) is 7.66. The normalized spacial score (nSPS) is 16.5. The van der Waals surface area contributed by atoms with Crippen LogP contribution in [0.5, 0.6) is 11.5 Å². The van der Waals surface area contributed by atoms with Gasteiger partial charge in [-0.25, -0.2) is 0 Å². The molecule has 1 heterocycles. The minimum Gasteiger partial charge on any atom is -0.492 e. The monoisotopic (exact) mass is 375 g/mol. The average molecular weight is 376 g/mol. The standard InChI is InChI=1S/C18H21N3O2S2/c24-17(12-1-2-12)19-9-10-22-14-5-7-15(8-6-14)23-11-16-20-21-18(25-16)13-3-4-13/h5-8,12-13H,1-4,9-11H2,(H,19,24). The van der Waals surface area contributed by atoms with Crippen molar-refractivity contribution in [1.82, 2.24) is 15.5 Å². The third-order valence-corrected chi connectivity index (χ3v) is 5.75. The minimum atomic E-state index is 0.465. The van der Waals surface area contributed by atoms with Gasteiger partial charge < -0.3 is 14.8 Å². The smallest absolute Gasteiger partial charge is 0.155 e. The van der Waals surface area contributed by atoms with Gasteiger partial charge in [-0.05, 0) is 49.9 Å². The summed E-state index contributed by atoms with van der Waals surface area (Å²) in [5.74, 6) is 2.90. The van der Waals surface area contributed by atoms with E-state index in [1.54, 1.807) is 11.3 Å². The third kappa shape index (κ3) is 4.89. The van der Waals surface area contributed by atoms with Gasteiger partial charge in [0, 0.05) is 18.4 Å². The lowest BCUT2D eigenvalue weighted by atomic mass is 10.3. The molecule has 0 aliphatic heterocycles. The molecule has 0 atom stereocenters. The van der Waals surface area contributed by atoms with E-state index in [0.717, 1.165) is 33.0 Å². The molecule has 1 N–H and O–H groups in total. The maximum absolute atomic E-state index is 5.77. The van der Waals surface area contributed by atoms with Crippen LogP contribution in [0.3, 0.4) is 0 Å². The van der Waals surface area contributed by atoms with E-state index >= 15 is 0 Å². The quantitative estimate of drug-likeness (QED) is 0.533. The van der Waals surface area contributed by atoms with Crippen molar-refractivity contribution in [3.63, 3.8) is 0 Å². The molecule has 7 heteroatoms. The van der Waals surface area contributed by atoms with Gasteiger partial charge in [0.15, 0.2) is 5.01 Å². The molecule has 132 valence electrons. The SMILES string of the molecule is S=C(NCCOc1ccc(OCc2nnc(C3CC3)s2)cc1)C1CC1. The van der Waals surface area contributed by atoms with E-state index in [-0.39, 0.29) is 0 Å². The molecule has 5 nitrogen and oxygen atoms in total. The van der Waals surface area contributed by atoms with E-state index in [1.807, 2.05) is 24.3 Å². The summed E-state index contributed by atoms with van der Waals surface area (Å²) >= 11 is 6.94. The molecule has 0 amide bonds. The van der Waals surface area contributed by atoms with Gasteiger partial charge in [-0.15, -0.1) is 10.2 Å². The van der Waals surface area contributed by atoms with Gasteiger partial charge in [-0.1, -0.05) is 23.6 Å². The number of hydrogen-bond acceptors (Lipinski definition) is 6. The van der Waals surface area contributed by atoms with Crippen molar-refractivity contribution in [2.45, 2.75) is 38.2 Å². The number of rotatable bonds is 9. The Hall–Kier alpha value is -1.73. The van der Waals surface area contributed by atoms with E-state index in [1.165, 1.54) is 25.7 Å². The van der Waals surface area contributed by atoms with Crippen molar-refractivity contribution in [1.29, 1.82) is 0 Å². The Morgan fingerprint density at radius 2 is 1.80 bits per heavy atom. The van der Waals surface area contributed by atoms with Crippen LogP contribution in [0.4, 0.5) is 0 Å². The molecule has 2 aliphatic rings. The highest BCUT2D eigenvalue weighted by atomic mass is 32.1. The Bertz CT molecular complexity index is 724. The summed E-state index contributed by atoms with van der Waals surface area (Å²) in [6, 6.07) is 7.68. The van der Waals surface area contributed by atoms with E-state index in [2.05, 4.69) is 15.5 Å². The third-order valence-electron chi connectivity index (χ3n) is 4.21. The Labute approximate surface area is 156 Å². The van der Waals surface area contributed by atoms with Crippen LogP contribution < -0.4 is 14.8 Å². The fraction of sp³-hybridized carbons (Fsp3) is 0.500. The molecule has 2 fully saturated rings. The molecule has 2 aromatic rings. The second-order valence-electron chi connectivity index (χ2n) is 6.48. The van der Waals surface area contributed by atoms with Crippen LogP contribution in [0.25, 0.3) is 0 Å². The van der Waals surface area contributed by atoms with Crippen LogP contribution in [0.1, 0.15) is 41.6 Å². The van der Waals surface area contributed by atoms with Crippen LogP contribution in [-0.2, 0) is 6.61 Å². The number of aromatic nitrogens is 2. The van der Waals surface area contributed by atoms with Crippen molar-refractivity contribution < 1.29 is 9.47 Å². The van der Waals surface area contributed by atoms with Gasteiger partial charge in [-0.3, -0.25) is 0 Å². The first kappa shape index (κ1) is 16.7. The molecule has 1 aromatic heterocycles. The Morgan fingerprint density at radius 1 is 1.08 bits per heavy atom.